The van der Waals surface area contributed by atoms with E-state index in [1.165, 1.54) is 6.07 Å². The molecule has 1 aromatic heterocycles. The zero-order valence-corrected chi connectivity index (χ0v) is 9.88. The lowest BCUT2D eigenvalue weighted by Crippen LogP contribution is -1.97. The van der Waals surface area contributed by atoms with Gasteiger partial charge in [-0.3, -0.25) is 0 Å². The van der Waals surface area contributed by atoms with Crippen molar-refractivity contribution in [2.45, 2.75) is 19.8 Å². The van der Waals surface area contributed by atoms with E-state index in [0.717, 1.165) is 18.7 Å². The Bertz CT molecular complexity index is 499. The van der Waals surface area contributed by atoms with Gasteiger partial charge in [0, 0.05) is 6.42 Å². The van der Waals surface area contributed by atoms with Gasteiger partial charge in [-0.1, -0.05) is 13.0 Å². The molecular weight excluding hydrogens is 259 g/mol. The largest absolute Gasteiger partial charge is 0.233 e. The van der Waals surface area contributed by atoms with Crippen LogP contribution in [0.25, 0.3) is 10.9 Å². The molecular formula is C11H10BrFN2. The highest BCUT2D eigenvalue weighted by atomic mass is 79.9. The van der Waals surface area contributed by atoms with E-state index in [-0.39, 0.29) is 5.82 Å². The van der Waals surface area contributed by atoms with E-state index in [4.69, 9.17) is 0 Å². The van der Waals surface area contributed by atoms with Gasteiger partial charge < -0.3 is 0 Å². The number of halogens is 2. The summed E-state index contributed by atoms with van der Waals surface area (Å²) >= 11 is 3.28. The molecule has 0 aliphatic carbocycles. The third kappa shape index (κ3) is 2.00. The number of nitrogens with zero attached hydrogens (tertiary/aromatic N) is 2. The topological polar surface area (TPSA) is 25.8 Å². The fourth-order valence-electron chi connectivity index (χ4n) is 1.48. The van der Waals surface area contributed by atoms with Crippen molar-refractivity contribution >= 4 is 26.8 Å². The molecule has 0 bridgehead atoms. The molecule has 0 saturated heterocycles. The van der Waals surface area contributed by atoms with E-state index in [1.807, 2.05) is 0 Å². The summed E-state index contributed by atoms with van der Waals surface area (Å²) in [6.45, 7) is 2.06. The highest BCUT2D eigenvalue weighted by Gasteiger charge is 2.08. The van der Waals surface area contributed by atoms with Crippen molar-refractivity contribution in [3.8, 4) is 0 Å². The molecule has 0 N–H and O–H groups in total. The summed E-state index contributed by atoms with van der Waals surface area (Å²) in [7, 11) is 0. The van der Waals surface area contributed by atoms with E-state index < -0.39 is 0 Å². The summed E-state index contributed by atoms with van der Waals surface area (Å²) in [6.07, 6.45) is 1.79. The van der Waals surface area contributed by atoms with Crippen LogP contribution in [0, 0.1) is 5.82 Å². The minimum Gasteiger partial charge on any atom is -0.233 e. The van der Waals surface area contributed by atoms with Gasteiger partial charge in [0.25, 0.3) is 0 Å². The molecule has 1 heterocycles. The number of aryl methyl sites for hydroxylation is 1. The zero-order valence-electron chi connectivity index (χ0n) is 8.30. The average molecular weight is 269 g/mol. The van der Waals surface area contributed by atoms with Crippen molar-refractivity contribution in [2.75, 3.05) is 0 Å². The Morgan fingerprint density at radius 1 is 1.33 bits per heavy atom. The van der Waals surface area contributed by atoms with Crippen molar-refractivity contribution < 1.29 is 4.39 Å². The second-order valence-electron chi connectivity index (χ2n) is 3.31. The van der Waals surface area contributed by atoms with Gasteiger partial charge in [-0.2, -0.15) is 0 Å². The first-order chi connectivity index (χ1) is 7.22. The monoisotopic (exact) mass is 268 g/mol. The molecule has 2 aromatic rings. The summed E-state index contributed by atoms with van der Waals surface area (Å²) in [4.78, 5) is 8.52. The van der Waals surface area contributed by atoms with Crippen LogP contribution >= 0.6 is 15.9 Å². The summed E-state index contributed by atoms with van der Waals surface area (Å²) < 4.78 is 14.0. The molecule has 78 valence electrons. The number of hydrogen-bond acceptors (Lipinski definition) is 2. The third-order valence-corrected chi connectivity index (χ3v) is 2.72. The fraction of sp³-hybridized carbons (Fsp3) is 0.273. The molecule has 2 rings (SSSR count). The predicted octanol–water partition coefficient (Wildman–Crippen LogP) is 3.48. The quantitative estimate of drug-likeness (QED) is 0.780. The second-order valence-corrected chi connectivity index (χ2v) is 4.07. The summed E-state index contributed by atoms with van der Waals surface area (Å²) in [6, 6.07) is 4.87. The maximum absolute atomic E-state index is 13.5. The third-order valence-electron chi connectivity index (χ3n) is 2.15. The highest BCUT2D eigenvalue weighted by molar-refractivity contribution is 9.10. The van der Waals surface area contributed by atoms with Crippen LogP contribution < -0.4 is 0 Å². The van der Waals surface area contributed by atoms with Crippen molar-refractivity contribution in [3.05, 3.63) is 34.4 Å². The Kier molecular flexibility index (Phi) is 2.95. The van der Waals surface area contributed by atoms with Crippen LogP contribution in [0.15, 0.2) is 22.8 Å². The lowest BCUT2D eigenvalue weighted by molar-refractivity contribution is 0.638. The van der Waals surface area contributed by atoms with Gasteiger partial charge in [-0.15, -0.1) is 0 Å². The van der Waals surface area contributed by atoms with E-state index in [9.17, 15) is 4.39 Å². The zero-order chi connectivity index (χ0) is 10.8. The van der Waals surface area contributed by atoms with Crippen LogP contribution in [0.5, 0.6) is 0 Å². The number of hydrogen-bond donors (Lipinski definition) is 0. The molecule has 0 saturated carbocycles. The molecule has 0 unspecified atom stereocenters. The minimum absolute atomic E-state index is 0.289. The SMILES string of the molecule is CCCc1nc(Br)c2c(F)cccc2n1. The van der Waals surface area contributed by atoms with Crippen molar-refractivity contribution in [1.29, 1.82) is 0 Å². The molecule has 0 fully saturated rings. The highest BCUT2D eigenvalue weighted by Crippen LogP contribution is 2.23. The van der Waals surface area contributed by atoms with Gasteiger partial charge in [0.15, 0.2) is 0 Å². The van der Waals surface area contributed by atoms with E-state index in [2.05, 4.69) is 32.8 Å². The Balaban J connectivity index is 2.67. The predicted molar refractivity (Wildman–Crippen MR) is 61.2 cm³/mol. The maximum atomic E-state index is 13.5. The van der Waals surface area contributed by atoms with Crippen molar-refractivity contribution in [2.24, 2.45) is 0 Å². The second kappa shape index (κ2) is 4.23. The Hall–Kier alpha value is -1.03. The molecule has 0 aliphatic heterocycles. The first-order valence-electron chi connectivity index (χ1n) is 4.83. The smallest absolute Gasteiger partial charge is 0.135 e. The van der Waals surface area contributed by atoms with Crippen LogP contribution in [0.3, 0.4) is 0 Å². The number of fused-ring (bicyclic) bond motifs is 1. The van der Waals surface area contributed by atoms with Crippen LogP contribution in [0.2, 0.25) is 0 Å². The van der Waals surface area contributed by atoms with Gasteiger partial charge >= 0.3 is 0 Å². The lowest BCUT2D eigenvalue weighted by atomic mass is 10.2. The lowest BCUT2D eigenvalue weighted by Gasteiger charge is -2.04. The minimum atomic E-state index is -0.289. The molecule has 0 spiro atoms. The first kappa shape index (κ1) is 10.5. The van der Waals surface area contributed by atoms with E-state index >= 15 is 0 Å². The van der Waals surface area contributed by atoms with E-state index in [0.29, 0.717) is 15.5 Å². The molecule has 1 aromatic carbocycles. The Morgan fingerprint density at radius 2 is 2.13 bits per heavy atom. The standard InChI is InChI=1S/C11H10BrFN2/c1-2-4-9-14-8-6-3-5-7(13)10(8)11(12)15-9/h3,5-6H,2,4H2,1H3. The molecule has 2 nitrogen and oxygen atoms in total. The van der Waals surface area contributed by atoms with Gasteiger partial charge in [0.05, 0.1) is 10.9 Å². The van der Waals surface area contributed by atoms with Crippen LogP contribution in [0.4, 0.5) is 4.39 Å². The summed E-state index contributed by atoms with van der Waals surface area (Å²) in [5, 5.41) is 0.456. The van der Waals surface area contributed by atoms with Gasteiger partial charge in [0.2, 0.25) is 0 Å². The maximum Gasteiger partial charge on any atom is 0.135 e. The van der Waals surface area contributed by atoms with Crippen molar-refractivity contribution in [1.82, 2.24) is 9.97 Å². The molecule has 15 heavy (non-hydrogen) atoms. The number of rotatable bonds is 2. The van der Waals surface area contributed by atoms with Crippen LogP contribution in [-0.2, 0) is 6.42 Å². The fourth-order valence-corrected chi connectivity index (χ4v) is 2.08. The molecule has 0 atom stereocenters. The summed E-state index contributed by atoms with van der Waals surface area (Å²) in [5.41, 5.74) is 0.653. The van der Waals surface area contributed by atoms with Gasteiger partial charge in [-0.05, 0) is 34.5 Å². The Labute approximate surface area is 95.7 Å². The average Bonchev–Trinajstić information content (AvgIpc) is 2.17. The van der Waals surface area contributed by atoms with Gasteiger partial charge in [-0.25, -0.2) is 14.4 Å². The normalized spacial score (nSPS) is 10.9. The Morgan fingerprint density at radius 3 is 2.87 bits per heavy atom. The molecule has 0 amide bonds. The van der Waals surface area contributed by atoms with Gasteiger partial charge in [0.1, 0.15) is 16.2 Å². The van der Waals surface area contributed by atoms with Crippen molar-refractivity contribution in [3.63, 3.8) is 0 Å². The molecule has 4 heteroatoms. The first-order valence-corrected chi connectivity index (χ1v) is 5.62. The van der Waals surface area contributed by atoms with Crippen LogP contribution in [-0.4, -0.2) is 9.97 Å². The number of aromatic nitrogens is 2. The van der Waals surface area contributed by atoms with Crippen LogP contribution in [0.1, 0.15) is 19.2 Å². The molecule has 0 aliphatic rings. The number of benzene rings is 1. The summed E-state index contributed by atoms with van der Waals surface area (Å²) in [5.74, 6) is 0.463. The van der Waals surface area contributed by atoms with E-state index in [1.54, 1.807) is 12.1 Å². The molecule has 0 radical (unpaired) electrons.